The van der Waals surface area contributed by atoms with Crippen LogP contribution in [0.15, 0.2) is 118 Å². The van der Waals surface area contributed by atoms with Crippen molar-refractivity contribution in [2.45, 2.75) is 25.3 Å². The van der Waals surface area contributed by atoms with Crippen molar-refractivity contribution in [1.82, 2.24) is 10.6 Å². The number of ether oxygens (including phenoxy) is 2. The molecule has 0 saturated heterocycles. The second kappa shape index (κ2) is 21.5. The Hall–Kier alpha value is -6.91. The first-order chi connectivity index (χ1) is 26.2. The van der Waals surface area contributed by atoms with Crippen LogP contribution in [0.3, 0.4) is 0 Å². The van der Waals surface area contributed by atoms with Crippen molar-refractivity contribution in [2.75, 3.05) is 25.5 Å². The molecule has 4 aromatic rings. The van der Waals surface area contributed by atoms with Gasteiger partial charge >= 0.3 is 0 Å². The fourth-order valence-corrected chi connectivity index (χ4v) is 5.13. The molecule has 0 unspecified atom stereocenters. The van der Waals surface area contributed by atoms with E-state index in [4.69, 9.17) is 25.7 Å². The average Bonchev–Trinajstić information content (AvgIpc) is 3.20. The molecule has 0 aliphatic heterocycles. The highest BCUT2D eigenvalue weighted by molar-refractivity contribution is 8.13. The maximum atomic E-state index is 12.4. The first kappa shape index (κ1) is 39.9. The average molecular weight is 746 g/mol. The number of amides is 3. The number of rotatable bonds is 19. The van der Waals surface area contributed by atoms with Gasteiger partial charge in [-0.15, -0.1) is 0 Å². The summed E-state index contributed by atoms with van der Waals surface area (Å²) in [5, 5.41) is 39.1. The number of primary amides is 1. The highest BCUT2D eigenvalue weighted by Gasteiger charge is 2.18. The highest BCUT2D eigenvalue weighted by atomic mass is 32.2. The maximum Gasteiger partial charge on any atom is 0.258 e. The summed E-state index contributed by atoms with van der Waals surface area (Å²) in [4.78, 5) is 48.8. The zero-order chi connectivity index (χ0) is 38.5. The minimum atomic E-state index is -0.902. The van der Waals surface area contributed by atoms with Crippen LogP contribution in [0.4, 0.5) is 22.7 Å². The number of nitrogens with zero attached hydrogens (tertiary/aromatic N) is 6. The number of carbonyl (C=O) groups excluding carboxylic acids is 4. The van der Waals surface area contributed by atoms with Crippen molar-refractivity contribution in [3.8, 4) is 23.6 Å². The van der Waals surface area contributed by atoms with Crippen molar-refractivity contribution >= 4 is 57.3 Å². The number of azo groups is 2. The van der Waals surface area contributed by atoms with E-state index in [2.05, 4.69) is 31.1 Å². The van der Waals surface area contributed by atoms with Crippen LogP contribution in [-0.4, -0.2) is 54.4 Å². The van der Waals surface area contributed by atoms with Gasteiger partial charge in [-0.05, 0) is 110 Å². The summed E-state index contributed by atoms with van der Waals surface area (Å²) >= 11 is 1.05. The van der Waals surface area contributed by atoms with Gasteiger partial charge in [0.25, 0.3) is 11.8 Å². The van der Waals surface area contributed by atoms with Crippen molar-refractivity contribution in [2.24, 2.45) is 26.2 Å². The standard InChI is InChI=1S/C38H35N9O6S/c39-21-26-4-8-28(9-5-26)44-46-30-12-16-32(17-13-30)52-24-35(48)42-23-37(50)54-20-2-1-3-34(38(41)51)43-36(49)25-53-33-18-14-31(15-19-33)47-45-29-10-6-27(22-40)7-11-29/h4-19,34H,1-3,20,23-25H2,(H2,41,51)(H,42,48)(H,43,49)/t34-/m0/s1. The van der Waals surface area contributed by atoms with Crippen LogP contribution < -0.4 is 25.8 Å². The highest BCUT2D eigenvalue weighted by Crippen LogP contribution is 2.23. The van der Waals surface area contributed by atoms with Gasteiger partial charge in [0.2, 0.25) is 11.0 Å². The summed E-state index contributed by atoms with van der Waals surface area (Å²) in [6.45, 7) is -0.790. The van der Waals surface area contributed by atoms with Crippen molar-refractivity contribution < 1.29 is 28.7 Å². The summed E-state index contributed by atoms with van der Waals surface area (Å²) in [7, 11) is 0. The first-order valence-corrected chi connectivity index (χ1v) is 17.5. The molecule has 0 fully saturated rings. The first-order valence-electron chi connectivity index (χ1n) is 16.5. The van der Waals surface area contributed by atoms with Gasteiger partial charge in [0.1, 0.15) is 17.5 Å². The number of benzene rings is 4. The molecule has 0 radical (unpaired) electrons. The zero-order valence-corrected chi connectivity index (χ0v) is 29.7. The van der Waals surface area contributed by atoms with Gasteiger partial charge < -0.3 is 25.8 Å². The molecule has 0 bridgehead atoms. The number of thioether (sulfide) groups is 1. The van der Waals surface area contributed by atoms with E-state index in [1.54, 1.807) is 97.1 Å². The Morgan fingerprint density at radius 3 is 1.50 bits per heavy atom. The molecule has 4 aromatic carbocycles. The van der Waals surface area contributed by atoms with Gasteiger partial charge in [-0.2, -0.15) is 31.0 Å². The lowest BCUT2D eigenvalue weighted by molar-refractivity contribution is -0.128. The van der Waals surface area contributed by atoms with Crippen LogP contribution in [-0.2, 0) is 19.2 Å². The predicted octanol–water partition coefficient (Wildman–Crippen LogP) is 6.23. The molecule has 4 N–H and O–H groups in total. The quantitative estimate of drug-likeness (QED) is 0.0727. The Kier molecular flexibility index (Phi) is 15.8. The molecule has 0 heterocycles. The second-order valence-electron chi connectivity index (χ2n) is 11.3. The van der Waals surface area contributed by atoms with Crippen LogP contribution in [0.5, 0.6) is 11.5 Å². The van der Waals surface area contributed by atoms with Crippen LogP contribution in [0.2, 0.25) is 0 Å². The number of hydrogen-bond donors (Lipinski definition) is 3. The van der Waals surface area contributed by atoms with E-state index in [0.29, 0.717) is 64.0 Å². The van der Waals surface area contributed by atoms with Gasteiger partial charge in [-0.3, -0.25) is 19.2 Å². The van der Waals surface area contributed by atoms with E-state index in [1.807, 2.05) is 12.1 Å². The molecule has 15 nitrogen and oxygen atoms in total. The smallest absolute Gasteiger partial charge is 0.258 e. The summed E-state index contributed by atoms with van der Waals surface area (Å²) < 4.78 is 11.0. The molecular formula is C38H35N9O6S. The van der Waals surface area contributed by atoms with Crippen LogP contribution in [0, 0.1) is 22.7 Å². The van der Waals surface area contributed by atoms with Crippen LogP contribution in [0.1, 0.15) is 30.4 Å². The molecular weight excluding hydrogens is 711 g/mol. The minimum absolute atomic E-state index is 0.174. The molecule has 16 heteroatoms. The number of unbranched alkanes of at least 4 members (excludes halogenated alkanes) is 1. The lowest BCUT2D eigenvalue weighted by atomic mass is 10.1. The normalized spacial score (nSPS) is 11.3. The molecule has 0 saturated carbocycles. The molecule has 3 amide bonds. The molecule has 0 spiro atoms. The van der Waals surface area contributed by atoms with E-state index in [9.17, 15) is 19.2 Å². The van der Waals surface area contributed by atoms with E-state index < -0.39 is 23.8 Å². The summed E-state index contributed by atoms with van der Waals surface area (Å²) in [6, 6.07) is 29.7. The third-order valence-electron chi connectivity index (χ3n) is 7.23. The van der Waals surface area contributed by atoms with Crippen molar-refractivity contribution in [3.63, 3.8) is 0 Å². The van der Waals surface area contributed by atoms with Gasteiger partial charge in [0, 0.05) is 5.75 Å². The van der Waals surface area contributed by atoms with E-state index in [0.717, 1.165) is 11.8 Å². The molecule has 274 valence electrons. The predicted molar refractivity (Wildman–Crippen MR) is 200 cm³/mol. The lowest BCUT2D eigenvalue weighted by Crippen LogP contribution is -2.46. The molecule has 54 heavy (non-hydrogen) atoms. The summed E-state index contributed by atoms with van der Waals surface area (Å²) in [5.41, 5.74) is 8.86. The van der Waals surface area contributed by atoms with E-state index in [1.165, 1.54) is 0 Å². The number of carbonyl (C=O) groups is 4. The van der Waals surface area contributed by atoms with Crippen LogP contribution in [0.25, 0.3) is 0 Å². The number of nitrogens with two attached hydrogens (primary N) is 1. The Morgan fingerprint density at radius 1 is 0.648 bits per heavy atom. The molecule has 0 aliphatic carbocycles. The SMILES string of the molecule is N#Cc1ccc(N=Nc2ccc(OCC(=O)NCC(=O)SCCCC[C@H](NC(=O)COc3ccc(N=Nc4ccc(C#N)cc4)cc3)C(N)=O)cc2)cc1. The summed E-state index contributed by atoms with van der Waals surface area (Å²) in [6.07, 6.45) is 1.37. The van der Waals surface area contributed by atoms with Gasteiger partial charge in [0.15, 0.2) is 13.2 Å². The fraction of sp³-hybridized carbons (Fsp3) is 0.211. The fourth-order valence-electron chi connectivity index (χ4n) is 4.38. The lowest BCUT2D eigenvalue weighted by Gasteiger charge is -2.15. The van der Waals surface area contributed by atoms with E-state index >= 15 is 0 Å². The Morgan fingerprint density at radius 2 is 1.07 bits per heavy atom. The Balaban J connectivity index is 1.05. The molecule has 0 aliphatic rings. The van der Waals surface area contributed by atoms with Gasteiger partial charge in [0.05, 0.1) is 52.6 Å². The third-order valence-corrected chi connectivity index (χ3v) is 8.19. The van der Waals surface area contributed by atoms with Crippen molar-refractivity contribution in [3.05, 3.63) is 108 Å². The molecule has 4 rings (SSSR count). The van der Waals surface area contributed by atoms with Crippen LogP contribution >= 0.6 is 11.8 Å². The van der Waals surface area contributed by atoms with E-state index in [-0.39, 0.29) is 31.3 Å². The topological polar surface area (TPSA) is 234 Å². The Labute approximate surface area is 315 Å². The second-order valence-corrected chi connectivity index (χ2v) is 12.5. The van der Waals surface area contributed by atoms with Crippen molar-refractivity contribution in [1.29, 1.82) is 10.5 Å². The third kappa shape index (κ3) is 14.4. The largest absolute Gasteiger partial charge is 0.484 e. The number of nitriles is 2. The Bertz CT molecular complexity index is 2020. The molecule has 0 aromatic heterocycles. The van der Waals surface area contributed by atoms with Gasteiger partial charge in [-0.25, -0.2) is 0 Å². The number of hydrogen-bond acceptors (Lipinski definition) is 13. The number of nitrogens with one attached hydrogen (secondary N) is 2. The summed E-state index contributed by atoms with van der Waals surface area (Å²) in [5.74, 6) is -0.366. The minimum Gasteiger partial charge on any atom is -0.484 e. The molecule has 1 atom stereocenters. The monoisotopic (exact) mass is 745 g/mol. The zero-order valence-electron chi connectivity index (χ0n) is 28.9. The maximum absolute atomic E-state index is 12.4. The van der Waals surface area contributed by atoms with Gasteiger partial charge in [-0.1, -0.05) is 18.2 Å².